The van der Waals surface area contributed by atoms with E-state index >= 15 is 0 Å². The molecule has 0 bridgehead atoms. The second kappa shape index (κ2) is 5.61. The fourth-order valence-corrected chi connectivity index (χ4v) is 2.12. The summed E-state index contributed by atoms with van der Waals surface area (Å²) in [4.78, 5) is 0. The minimum absolute atomic E-state index is 0.494. The lowest BCUT2D eigenvalue weighted by Gasteiger charge is -2.15. The van der Waals surface area contributed by atoms with Gasteiger partial charge in [0.05, 0.1) is 5.69 Å². The Morgan fingerprint density at radius 3 is 2.62 bits per heavy atom. The van der Waals surface area contributed by atoms with Crippen LogP contribution in [0.3, 0.4) is 0 Å². The first-order chi connectivity index (χ1) is 7.42. The molecule has 0 saturated heterocycles. The van der Waals surface area contributed by atoms with E-state index in [0.717, 1.165) is 17.9 Å². The van der Waals surface area contributed by atoms with Crippen molar-refractivity contribution in [3.8, 4) is 0 Å². The Balaban J connectivity index is 2.32. The minimum atomic E-state index is -0.983. The molecule has 4 nitrogen and oxygen atoms in total. The standard InChI is InChI=1S/C11H23N3OSi/c1-10-8-14(13-11(10)7-12)9-15-5-6-16(2,3)4/h8H,5-7,9,12H2,1-4H3. The lowest BCUT2D eigenvalue weighted by Crippen LogP contribution is -2.22. The van der Waals surface area contributed by atoms with Crippen molar-refractivity contribution in [1.29, 1.82) is 0 Å². The van der Waals surface area contributed by atoms with E-state index in [1.165, 1.54) is 6.04 Å². The number of aryl methyl sites for hydroxylation is 1. The summed E-state index contributed by atoms with van der Waals surface area (Å²) in [5.41, 5.74) is 7.65. The zero-order valence-electron chi connectivity index (χ0n) is 10.8. The molecular formula is C11H23N3OSi. The monoisotopic (exact) mass is 241 g/mol. The van der Waals surface area contributed by atoms with Crippen LogP contribution in [-0.4, -0.2) is 24.5 Å². The van der Waals surface area contributed by atoms with Crippen LogP contribution >= 0.6 is 0 Å². The number of nitrogens with two attached hydrogens (primary N) is 1. The maximum Gasteiger partial charge on any atom is 0.139 e. The zero-order valence-corrected chi connectivity index (χ0v) is 11.8. The normalized spacial score (nSPS) is 12.1. The smallest absolute Gasteiger partial charge is 0.139 e. The minimum Gasteiger partial charge on any atom is -0.360 e. The first-order valence-electron chi connectivity index (χ1n) is 5.73. The summed E-state index contributed by atoms with van der Waals surface area (Å²) < 4.78 is 7.42. The third-order valence-electron chi connectivity index (χ3n) is 2.46. The number of aromatic nitrogens is 2. The maximum absolute atomic E-state index is 5.60. The topological polar surface area (TPSA) is 53.1 Å². The summed E-state index contributed by atoms with van der Waals surface area (Å²) in [6.45, 7) is 10.9. The van der Waals surface area contributed by atoms with Crippen molar-refractivity contribution in [2.24, 2.45) is 5.73 Å². The fourth-order valence-electron chi connectivity index (χ4n) is 1.37. The van der Waals surface area contributed by atoms with Gasteiger partial charge >= 0.3 is 0 Å². The highest BCUT2D eigenvalue weighted by Crippen LogP contribution is 2.08. The van der Waals surface area contributed by atoms with Crippen LogP contribution < -0.4 is 5.73 Å². The van der Waals surface area contributed by atoms with E-state index in [2.05, 4.69) is 24.7 Å². The van der Waals surface area contributed by atoms with Gasteiger partial charge in [0.25, 0.3) is 0 Å². The molecular weight excluding hydrogens is 218 g/mol. The molecule has 0 fully saturated rings. The summed E-state index contributed by atoms with van der Waals surface area (Å²) in [5.74, 6) is 0. The van der Waals surface area contributed by atoms with Crippen LogP contribution in [-0.2, 0) is 18.0 Å². The first kappa shape index (κ1) is 13.4. The Labute approximate surface area is 98.8 Å². The molecule has 0 atom stereocenters. The molecule has 0 aliphatic carbocycles. The van der Waals surface area contributed by atoms with Gasteiger partial charge in [-0.1, -0.05) is 19.6 Å². The Kier molecular flexibility index (Phi) is 4.70. The zero-order chi connectivity index (χ0) is 12.2. The van der Waals surface area contributed by atoms with E-state index in [0.29, 0.717) is 13.3 Å². The van der Waals surface area contributed by atoms with E-state index in [9.17, 15) is 0 Å². The molecule has 1 rings (SSSR count). The molecule has 0 aromatic carbocycles. The van der Waals surface area contributed by atoms with Gasteiger partial charge in [-0.05, 0) is 18.5 Å². The molecule has 0 aliphatic heterocycles. The number of ether oxygens (including phenoxy) is 1. The highest BCUT2D eigenvalue weighted by molar-refractivity contribution is 6.76. The lowest BCUT2D eigenvalue weighted by molar-refractivity contribution is 0.0783. The second-order valence-corrected chi connectivity index (χ2v) is 11.0. The predicted octanol–water partition coefficient (Wildman–Crippen LogP) is 1.96. The summed E-state index contributed by atoms with van der Waals surface area (Å²) in [6.07, 6.45) is 1.98. The van der Waals surface area contributed by atoms with Crippen LogP contribution in [0.2, 0.25) is 25.7 Å². The Hall–Kier alpha value is -0.653. The van der Waals surface area contributed by atoms with E-state index in [4.69, 9.17) is 10.5 Å². The maximum atomic E-state index is 5.60. The van der Waals surface area contributed by atoms with Gasteiger partial charge in [0, 0.05) is 27.4 Å². The Morgan fingerprint density at radius 1 is 1.44 bits per heavy atom. The predicted molar refractivity (Wildman–Crippen MR) is 69.0 cm³/mol. The Morgan fingerprint density at radius 2 is 2.12 bits per heavy atom. The molecule has 0 unspecified atom stereocenters. The van der Waals surface area contributed by atoms with Crippen molar-refractivity contribution in [3.05, 3.63) is 17.5 Å². The molecule has 1 heterocycles. The number of hydrogen-bond acceptors (Lipinski definition) is 3. The second-order valence-electron chi connectivity index (χ2n) is 5.35. The summed E-state index contributed by atoms with van der Waals surface area (Å²) in [7, 11) is -0.983. The highest BCUT2D eigenvalue weighted by atomic mass is 28.3. The van der Waals surface area contributed by atoms with Gasteiger partial charge in [0.1, 0.15) is 6.73 Å². The van der Waals surface area contributed by atoms with Gasteiger partial charge < -0.3 is 10.5 Å². The lowest BCUT2D eigenvalue weighted by atomic mass is 10.3. The molecule has 0 saturated carbocycles. The molecule has 0 radical (unpaired) electrons. The molecule has 0 aliphatic rings. The average Bonchev–Trinajstić information content (AvgIpc) is 2.52. The third-order valence-corrected chi connectivity index (χ3v) is 4.16. The first-order valence-corrected chi connectivity index (χ1v) is 9.44. The van der Waals surface area contributed by atoms with Crippen molar-refractivity contribution < 1.29 is 4.74 Å². The summed E-state index contributed by atoms with van der Waals surface area (Å²) in [6, 6.07) is 1.19. The van der Waals surface area contributed by atoms with Crippen LogP contribution in [0.1, 0.15) is 11.3 Å². The van der Waals surface area contributed by atoms with Crippen molar-refractivity contribution in [1.82, 2.24) is 9.78 Å². The van der Waals surface area contributed by atoms with Crippen molar-refractivity contribution in [2.75, 3.05) is 6.61 Å². The van der Waals surface area contributed by atoms with Crippen LogP contribution in [0, 0.1) is 6.92 Å². The van der Waals surface area contributed by atoms with Gasteiger partial charge in [-0.2, -0.15) is 5.10 Å². The van der Waals surface area contributed by atoms with Crippen molar-refractivity contribution in [3.63, 3.8) is 0 Å². The molecule has 92 valence electrons. The van der Waals surface area contributed by atoms with Gasteiger partial charge in [0.15, 0.2) is 0 Å². The van der Waals surface area contributed by atoms with Gasteiger partial charge in [0.2, 0.25) is 0 Å². The van der Waals surface area contributed by atoms with Gasteiger partial charge in [-0.15, -0.1) is 0 Å². The number of nitrogens with zero attached hydrogens (tertiary/aromatic N) is 2. The SMILES string of the molecule is Cc1cn(COCC[Si](C)(C)C)nc1CN. The average molecular weight is 241 g/mol. The van der Waals surface area contributed by atoms with E-state index in [1.54, 1.807) is 0 Å². The number of rotatable bonds is 6. The van der Waals surface area contributed by atoms with Gasteiger partial charge in [-0.3, -0.25) is 0 Å². The van der Waals surface area contributed by atoms with Crippen molar-refractivity contribution >= 4 is 8.07 Å². The highest BCUT2D eigenvalue weighted by Gasteiger charge is 2.12. The van der Waals surface area contributed by atoms with E-state index in [-0.39, 0.29) is 0 Å². The molecule has 0 spiro atoms. The van der Waals surface area contributed by atoms with E-state index in [1.807, 2.05) is 17.8 Å². The Bertz CT molecular complexity index is 330. The largest absolute Gasteiger partial charge is 0.360 e. The van der Waals surface area contributed by atoms with Crippen LogP contribution in [0.4, 0.5) is 0 Å². The van der Waals surface area contributed by atoms with E-state index < -0.39 is 8.07 Å². The molecule has 2 N–H and O–H groups in total. The van der Waals surface area contributed by atoms with Crippen LogP contribution in [0.25, 0.3) is 0 Å². The van der Waals surface area contributed by atoms with Gasteiger partial charge in [-0.25, -0.2) is 4.68 Å². The fraction of sp³-hybridized carbons (Fsp3) is 0.727. The van der Waals surface area contributed by atoms with Crippen molar-refractivity contribution in [2.45, 2.75) is 45.9 Å². The summed E-state index contributed by atoms with van der Waals surface area (Å²) in [5, 5.41) is 4.34. The number of hydrogen-bond donors (Lipinski definition) is 1. The molecule has 5 heteroatoms. The summed E-state index contributed by atoms with van der Waals surface area (Å²) >= 11 is 0. The quantitative estimate of drug-likeness (QED) is 0.612. The molecule has 0 amide bonds. The molecule has 16 heavy (non-hydrogen) atoms. The van der Waals surface area contributed by atoms with Crippen LogP contribution in [0.15, 0.2) is 6.20 Å². The third kappa shape index (κ3) is 4.47. The molecule has 1 aromatic rings. The van der Waals surface area contributed by atoms with Crippen LogP contribution in [0.5, 0.6) is 0 Å². The molecule has 1 aromatic heterocycles.